The van der Waals surface area contributed by atoms with E-state index in [0.29, 0.717) is 71.2 Å². The smallest absolute Gasteiger partial charge is 0.255 e. The number of unbranched alkanes of at least 4 members (excludes halogenated alkanes) is 7. The summed E-state index contributed by atoms with van der Waals surface area (Å²) in [5.41, 5.74) is 4.79. The van der Waals surface area contributed by atoms with Crippen molar-refractivity contribution < 1.29 is 47.5 Å². The summed E-state index contributed by atoms with van der Waals surface area (Å²) in [6.07, 6.45) is 8.71. The minimum atomic E-state index is -0.392. The van der Waals surface area contributed by atoms with Crippen molar-refractivity contribution in [3.63, 3.8) is 0 Å². The van der Waals surface area contributed by atoms with E-state index < -0.39 is 6.17 Å². The molecule has 4 aromatic rings. The predicted octanol–water partition coefficient (Wildman–Crippen LogP) is 9.04. The maximum absolute atomic E-state index is 12.8. The lowest BCUT2D eigenvalue weighted by Gasteiger charge is -2.28. The van der Waals surface area contributed by atoms with E-state index in [1.54, 1.807) is 48.7 Å². The number of ether oxygens (including phenoxy) is 8. The minimum absolute atomic E-state index is 0.165. The number of carbonyl (C=O) groups excluding carboxylic acids is 1. The van der Waals surface area contributed by atoms with Gasteiger partial charge in [-0.1, -0.05) is 49.7 Å². The van der Waals surface area contributed by atoms with Crippen molar-refractivity contribution >= 4 is 17.3 Å². The number of carbonyl (C=O) groups is 1. The minimum Gasteiger partial charge on any atom is -0.497 e. The largest absolute Gasteiger partial charge is 0.497 e. The van der Waals surface area contributed by atoms with E-state index in [0.717, 1.165) is 66.6 Å². The normalized spacial score (nSPS) is 15.6. The van der Waals surface area contributed by atoms with Gasteiger partial charge in [0.2, 0.25) is 5.75 Å². The Morgan fingerprint density at radius 1 is 0.586 bits per heavy atom. The summed E-state index contributed by atoms with van der Waals surface area (Å²) in [5, 5.41) is 10.8. The van der Waals surface area contributed by atoms with Crippen molar-refractivity contribution in [1.29, 1.82) is 0 Å². The second kappa shape index (κ2) is 20.4. The summed E-state index contributed by atoms with van der Waals surface area (Å²) in [4.78, 5) is 18.6. The van der Waals surface area contributed by atoms with Crippen LogP contribution in [0, 0.1) is 0 Å². The van der Waals surface area contributed by atoms with Gasteiger partial charge in [0.05, 0.1) is 67.1 Å². The number of anilines is 1. The summed E-state index contributed by atoms with van der Waals surface area (Å²) in [6.45, 7) is 1.22. The van der Waals surface area contributed by atoms with Gasteiger partial charge in [0, 0.05) is 23.2 Å². The second-order valence-electron chi connectivity index (χ2n) is 14.1. The first-order chi connectivity index (χ1) is 28.4. The van der Waals surface area contributed by atoms with Crippen LogP contribution in [0.2, 0.25) is 0 Å². The van der Waals surface area contributed by atoms with E-state index in [9.17, 15) is 4.79 Å². The molecule has 0 fully saturated rings. The van der Waals surface area contributed by atoms with Crippen molar-refractivity contribution in [3.05, 3.63) is 89.0 Å². The molecule has 2 atom stereocenters. The molecule has 1 amide bonds. The number of methoxy groups -OCH3 is 6. The van der Waals surface area contributed by atoms with Gasteiger partial charge in [0.15, 0.2) is 40.6 Å². The highest BCUT2D eigenvalue weighted by Crippen LogP contribution is 2.43. The Labute approximate surface area is 340 Å². The summed E-state index contributed by atoms with van der Waals surface area (Å²) in [5.74, 6) is 4.83. The molecule has 0 radical (unpaired) electrons. The standard InChI is InChI=1S/C45H55N3O10/c1-50-32-17-18-34-33(27-32)45(49)47-44(46-34)30-16-20-37(39(24-30)52-3)56-21-13-11-9-7-8-10-12-14-22-57-40-23-29(15-19-36(40)51-2)35-28-38(58-48-35)31-25-41(53-4)43(55-6)42(26-31)54-5/h15-20,23-27,38,44,46H,7-14,21-22,28H2,1-6H3,(H,47,49). The van der Waals surface area contributed by atoms with Gasteiger partial charge in [-0.05, 0) is 79.1 Å². The highest BCUT2D eigenvalue weighted by atomic mass is 16.6. The zero-order valence-corrected chi connectivity index (χ0v) is 34.3. The SMILES string of the molecule is COc1ccc2c(c1)C(=O)NC(c1ccc(OCCCCCCCCCCOc3cc(C4=NOC(c5cc(OC)c(OC)c(OC)c5)C4)ccc3OC)c(OC)c1)N2. The predicted molar refractivity (Wildman–Crippen MR) is 222 cm³/mol. The summed E-state index contributed by atoms with van der Waals surface area (Å²) >= 11 is 0. The molecule has 2 heterocycles. The molecule has 0 bridgehead atoms. The molecule has 58 heavy (non-hydrogen) atoms. The van der Waals surface area contributed by atoms with Crippen LogP contribution in [0.3, 0.4) is 0 Å². The summed E-state index contributed by atoms with van der Waals surface area (Å²) in [6, 6.07) is 20.8. The Morgan fingerprint density at radius 3 is 1.84 bits per heavy atom. The molecule has 6 rings (SSSR count). The fourth-order valence-corrected chi connectivity index (χ4v) is 7.13. The van der Waals surface area contributed by atoms with E-state index in [1.807, 2.05) is 60.7 Å². The highest BCUT2D eigenvalue weighted by molar-refractivity contribution is 6.02. The van der Waals surface area contributed by atoms with E-state index in [1.165, 1.54) is 12.8 Å². The van der Waals surface area contributed by atoms with Gasteiger partial charge in [-0.2, -0.15) is 0 Å². The number of nitrogens with one attached hydrogen (secondary N) is 2. The van der Waals surface area contributed by atoms with Gasteiger partial charge >= 0.3 is 0 Å². The van der Waals surface area contributed by atoms with Gasteiger partial charge in [0.25, 0.3) is 5.91 Å². The molecule has 2 aliphatic rings. The number of amides is 1. The first-order valence-electron chi connectivity index (χ1n) is 19.8. The van der Waals surface area contributed by atoms with Crippen LogP contribution >= 0.6 is 0 Å². The first-order valence-corrected chi connectivity index (χ1v) is 19.8. The van der Waals surface area contributed by atoms with Crippen LogP contribution in [0.5, 0.6) is 46.0 Å². The third-order valence-electron chi connectivity index (χ3n) is 10.3. The molecule has 0 saturated carbocycles. The fourth-order valence-electron chi connectivity index (χ4n) is 7.13. The second-order valence-corrected chi connectivity index (χ2v) is 14.1. The van der Waals surface area contributed by atoms with Crippen LogP contribution in [0.1, 0.15) is 97.1 Å². The van der Waals surface area contributed by atoms with E-state index in [2.05, 4.69) is 15.8 Å². The Morgan fingerprint density at radius 2 is 1.21 bits per heavy atom. The van der Waals surface area contributed by atoms with Crippen LogP contribution in [-0.4, -0.2) is 67.5 Å². The maximum atomic E-state index is 12.8. The van der Waals surface area contributed by atoms with Crippen LogP contribution in [0.25, 0.3) is 0 Å². The van der Waals surface area contributed by atoms with Crippen LogP contribution in [0.4, 0.5) is 5.69 Å². The van der Waals surface area contributed by atoms with Crippen LogP contribution < -0.4 is 48.5 Å². The lowest BCUT2D eigenvalue weighted by atomic mass is 9.99. The average Bonchev–Trinajstić information content (AvgIpc) is 3.76. The number of hydrogen-bond acceptors (Lipinski definition) is 12. The van der Waals surface area contributed by atoms with E-state index in [4.69, 9.17) is 42.7 Å². The molecule has 13 heteroatoms. The summed E-state index contributed by atoms with van der Waals surface area (Å²) in [7, 11) is 9.62. The topological polar surface area (TPSA) is 137 Å². The van der Waals surface area contributed by atoms with E-state index in [-0.39, 0.29) is 12.0 Å². The molecular weight excluding hydrogens is 743 g/mol. The monoisotopic (exact) mass is 797 g/mol. The van der Waals surface area contributed by atoms with Crippen molar-refractivity contribution in [2.75, 3.05) is 61.2 Å². The Kier molecular flexibility index (Phi) is 14.7. The summed E-state index contributed by atoms with van der Waals surface area (Å²) < 4.78 is 45.3. The number of nitrogens with zero attached hydrogens (tertiary/aromatic N) is 1. The molecule has 4 aromatic carbocycles. The first kappa shape index (κ1) is 41.6. The van der Waals surface area contributed by atoms with Gasteiger partial charge in [-0.25, -0.2) is 0 Å². The van der Waals surface area contributed by atoms with Crippen molar-refractivity contribution in [3.8, 4) is 46.0 Å². The fraction of sp³-hybridized carbons (Fsp3) is 0.422. The number of fused-ring (bicyclic) bond motifs is 1. The lowest BCUT2D eigenvalue weighted by Crippen LogP contribution is -2.38. The molecule has 0 aliphatic carbocycles. The number of oxime groups is 1. The molecule has 2 unspecified atom stereocenters. The zero-order valence-electron chi connectivity index (χ0n) is 34.3. The van der Waals surface area contributed by atoms with Crippen molar-refractivity contribution in [1.82, 2.24) is 5.32 Å². The Bertz CT molecular complexity index is 2010. The van der Waals surface area contributed by atoms with Crippen LogP contribution in [-0.2, 0) is 4.84 Å². The van der Waals surface area contributed by atoms with Gasteiger partial charge in [0.1, 0.15) is 11.9 Å². The maximum Gasteiger partial charge on any atom is 0.255 e. The molecule has 2 aliphatic heterocycles. The number of hydrogen-bond donors (Lipinski definition) is 2. The zero-order chi connectivity index (χ0) is 40.9. The van der Waals surface area contributed by atoms with Gasteiger partial charge in [-0.3, -0.25) is 4.79 Å². The molecule has 0 saturated heterocycles. The molecule has 13 nitrogen and oxygen atoms in total. The number of rotatable bonds is 22. The van der Waals surface area contributed by atoms with Gasteiger partial charge < -0.3 is 53.4 Å². The molecule has 2 N–H and O–H groups in total. The van der Waals surface area contributed by atoms with Crippen molar-refractivity contribution in [2.24, 2.45) is 5.16 Å². The average molecular weight is 798 g/mol. The molecule has 310 valence electrons. The Hall–Kier alpha value is -5.98. The molecule has 0 aromatic heterocycles. The third kappa shape index (κ3) is 10.1. The molecule has 0 spiro atoms. The Balaban J connectivity index is 0.861. The quantitative estimate of drug-likeness (QED) is 0.0738. The van der Waals surface area contributed by atoms with Crippen LogP contribution in [0.15, 0.2) is 71.9 Å². The van der Waals surface area contributed by atoms with E-state index >= 15 is 0 Å². The highest BCUT2D eigenvalue weighted by Gasteiger charge is 2.28. The number of benzene rings is 4. The molecular formula is C45H55N3O10. The van der Waals surface area contributed by atoms with Gasteiger partial charge in [-0.15, -0.1) is 0 Å². The van der Waals surface area contributed by atoms with Crippen molar-refractivity contribution in [2.45, 2.75) is 70.1 Å². The lowest BCUT2D eigenvalue weighted by molar-refractivity contribution is 0.0853. The third-order valence-corrected chi connectivity index (χ3v) is 10.3.